The van der Waals surface area contributed by atoms with E-state index in [4.69, 9.17) is 11.6 Å². The van der Waals surface area contributed by atoms with Crippen LogP contribution in [0.2, 0.25) is 5.02 Å². The standard InChI is InChI=1S/C8H7ClN2/c1-6-5-11-4-2-3-7(9)8(11)10-6/h2-5H,1H3. The zero-order chi connectivity index (χ0) is 7.84. The normalized spacial score (nSPS) is 10.7. The Morgan fingerprint density at radius 2 is 2.36 bits per heavy atom. The lowest BCUT2D eigenvalue weighted by Crippen LogP contribution is -1.80. The fraction of sp³-hybridized carbons (Fsp3) is 0.125. The Hall–Kier alpha value is -1.02. The summed E-state index contributed by atoms with van der Waals surface area (Å²) in [6.07, 6.45) is 3.88. The molecule has 0 radical (unpaired) electrons. The smallest absolute Gasteiger partial charge is 0.155 e. The molecule has 56 valence electrons. The van der Waals surface area contributed by atoms with Crippen molar-refractivity contribution in [3.05, 3.63) is 35.2 Å². The van der Waals surface area contributed by atoms with Crippen molar-refractivity contribution in [1.29, 1.82) is 0 Å². The Labute approximate surface area is 69.4 Å². The highest BCUT2D eigenvalue weighted by atomic mass is 35.5. The third-order valence-corrected chi connectivity index (χ3v) is 1.85. The molecule has 3 heteroatoms. The first kappa shape index (κ1) is 6.68. The average molecular weight is 167 g/mol. The van der Waals surface area contributed by atoms with Crippen LogP contribution in [0, 0.1) is 6.92 Å². The maximum atomic E-state index is 5.89. The van der Waals surface area contributed by atoms with Gasteiger partial charge < -0.3 is 4.40 Å². The number of aryl methyl sites for hydroxylation is 1. The van der Waals surface area contributed by atoms with E-state index in [0.717, 1.165) is 11.3 Å². The Morgan fingerprint density at radius 3 is 3.09 bits per heavy atom. The number of hydrogen-bond donors (Lipinski definition) is 0. The van der Waals surface area contributed by atoms with Crippen LogP contribution in [0.3, 0.4) is 0 Å². The lowest BCUT2D eigenvalue weighted by molar-refractivity contribution is 1.18. The van der Waals surface area contributed by atoms with Crippen molar-refractivity contribution in [3.63, 3.8) is 0 Å². The summed E-state index contributed by atoms with van der Waals surface area (Å²) in [6.45, 7) is 1.95. The number of halogens is 1. The molecular formula is C8H7ClN2. The van der Waals surface area contributed by atoms with Gasteiger partial charge in [-0.3, -0.25) is 0 Å². The lowest BCUT2D eigenvalue weighted by atomic mass is 10.5. The summed E-state index contributed by atoms with van der Waals surface area (Å²) < 4.78 is 1.91. The molecule has 0 saturated heterocycles. The van der Waals surface area contributed by atoms with Crippen molar-refractivity contribution >= 4 is 17.2 Å². The average Bonchev–Trinajstić information content (AvgIpc) is 2.31. The van der Waals surface area contributed by atoms with Crippen LogP contribution in [0.4, 0.5) is 0 Å². The fourth-order valence-electron chi connectivity index (χ4n) is 1.10. The number of rotatable bonds is 0. The molecule has 2 nitrogen and oxygen atoms in total. The predicted octanol–water partition coefficient (Wildman–Crippen LogP) is 2.30. The van der Waals surface area contributed by atoms with Gasteiger partial charge in [0.05, 0.1) is 10.7 Å². The second-order valence-corrected chi connectivity index (χ2v) is 2.88. The molecule has 0 N–H and O–H groups in total. The minimum Gasteiger partial charge on any atom is -0.306 e. The van der Waals surface area contributed by atoms with Gasteiger partial charge in [0.2, 0.25) is 0 Å². The first-order valence-electron chi connectivity index (χ1n) is 3.37. The number of pyridine rings is 1. The zero-order valence-corrected chi connectivity index (χ0v) is 6.84. The molecule has 0 aliphatic carbocycles. The van der Waals surface area contributed by atoms with Crippen molar-refractivity contribution in [2.75, 3.05) is 0 Å². The molecule has 0 aliphatic heterocycles. The van der Waals surface area contributed by atoms with E-state index in [-0.39, 0.29) is 0 Å². The second-order valence-electron chi connectivity index (χ2n) is 2.47. The molecule has 0 unspecified atom stereocenters. The minimum atomic E-state index is 0.695. The highest BCUT2D eigenvalue weighted by molar-refractivity contribution is 6.33. The van der Waals surface area contributed by atoms with Crippen molar-refractivity contribution in [3.8, 4) is 0 Å². The Bertz CT molecular complexity index is 392. The Kier molecular flexibility index (Phi) is 1.36. The van der Waals surface area contributed by atoms with Gasteiger partial charge in [0.1, 0.15) is 0 Å². The van der Waals surface area contributed by atoms with Crippen molar-refractivity contribution in [2.24, 2.45) is 0 Å². The van der Waals surface area contributed by atoms with Crippen LogP contribution < -0.4 is 0 Å². The van der Waals surface area contributed by atoms with Crippen LogP contribution in [0.25, 0.3) is 5.65 Å². The molecule has 0 spiro atoms. The van der Waals surface area contributed by atoms with Gasteiger partial charge in [-0.05, 0) is 19.1 Å². The molecule has 0 aromatic carbocycles. The van der Waals surface area contributed by atoms with Crippen LogP contribution in [0.15, 0.2) is 24.5 Å². The summed E-state index contributed by atoms with van der Waals surface area (Å²) in [5.41, 5.74) is 1.81. The molecule has 0 saturated carbocycles. The van der Waals surface area contributed by atoms with E-state index in [1.807, 2.05) is 35.9 Å². The molecule has 2 aromatic heterocycles. The largest absolute Gasteiger partial charge is 0.306 e. The predicted molar refractivity (Wildman–Crippen MR) is 44.9 cm³/mol. The van der Waals surface area contributed by atoms with Gasteiger partial charge in [0.25, 0.3) is 0 Å². The summed E-state index contributed by atoms with van der Waals surface area (Å²) in [7, 11) is 0. The maximum Gasteiger partial charge on any atom is 0.155 e. The van der Waals surface area contributed by atoms with Crippen LogP contribution >= 0.6 is 11.6 Å². The monoisotopic (exact) mass is 166 g/mol. The van der Waals surface area contributed by atoms with Gasteiger partial charge in [0.15, 0.2) is 5.65 Å². The van der Waals surface area contributed by atoms with E-state index in [1.165, 1.54) is 0 Å². The summed E-state index contributed by atoms with van der Waals surface area (Å²) >= 11 is 5.89. The highest BCUT2D eigenvalue weighted by Crippen LogP contribution is 2.15. The fourth-order valence-corrected chi connectivity index (χ4v) is 1.31. The van der Waals surface area contributed by atoms with Crippen molar-refractivity contribution < 1.29 is 0 Å². The molecule has 2 heterocycles. The van der Waals surface area contributed by atoms with Gasteiger partial charge in [-0.15, -0.1) is 0 Å². The zero-order valence-electron chi connectivity index (χ0n) is 6.08. The molecule has 0 amide bonds. The SMILES string of the molecule is Cc1cn2cccc(Cl)c2n1. The topological polar surface area (TPSA) is 17.3 Å². The molecule has 0 atom stereocenters. The summed E-state index contributed by atoms with van der Waals surface area (Å²) in [4.78, 5) is 4.24. The third-order valence-electron chi connectivity index (χ3n) is 1.56. The number of imidazole rings is 1. The van der Waals surface area contributed by atoms with E-state index >= 15 is 0 Å². The molecular weight excluding hydrogens is 160 g/mol. The molecule has 0 bridgehead atoms. The molecule has 11 heavy (non-hydrogen) atoms. The number of aromatic nitrogens is 2. The highest BCUT2D eigenvalue weighted by Gasteiger charge is 1.99. The summed E-state index contributed by atoms with van der Waals surface area (Å²) in [6, 6.07) is 3.74. The van der Waals surface area contributed by atoms with Crippen LogP contribution in [-0.2, 0) is 0 Å². The number of fused-ring (bicyclic) bond motifs is 1. The molecule has 0 fully saturated rings. The van der Waals surface area contributed by atoms with E-state index in [0.29, 0.717) is 5.02 Å². The Morgan fingerprint density at radius 1 is 1.55 bits per heavy atom. The first-order valence-corrected chi connectivity index (χ1v) is 3.75. The van der Waals surface area contributed by atoms with E-state index in [1.54, 1.807) is 0 Å². The van der Waals surface area contributed by atoms with Gasteiger partial charge >= 0.3 is 0 Å². The van der Waals surface area contributed by atoms with Gasteiger partial charge in [-0.25, -0.2) is 4.98 Å². The van der Waals surface area contributed by atoms with Crippen LogP contribution in [-0.4, -0.2) is 9.38 Å². The lowest BCUT2D eigenvalue weighted by Gasteiger charge is -1.92. The molecule has 2 aromatic rings. The van der Waals surface area contributed by atoms with Gasteiger partial charge in [0, 0.05) is 12.4 Å². The minimum absolute atomic E-state index is 0.695. The van der Waals surface area contributed by atoms with Crippen LogP contribution in [0.1, 0.15) is 5.69 Å². The van der Waals surface area contributed by atoms with E-state index < -0.39 is 0 Å². The summed E-state index contributed by atoms with van der Waals surface area (Å²) in [5.74, 6) is 0. The van der Waals surface area contributed by atoms with Gasteiger partial charge in [-0.2, -0.15) is 0 Å². The number of hydrogen-bond acceptors (Lipinski definition) is 1. The van der Waals surface area contributed by atoms with Gasteiger partial charge in [-0.1, -0.05) is 11.6 Å². The van der Waals surface area contributed by atoms with Crippen molar-refractivity contribution in [1.82, 2.24) is 9.38 Å². The third kappa shape index (κ3) is 0.994. The molecule has 0 aliphatic rings. The van der Waals surface area contributed by atoms with E-state index in [2.05, 4.69) is 4.98 Å². The first-order chi connectivity index (χ1) is 5.27. The van der Waals surface area contributed by atoms with E-state index in [9.17, 15) is 0 Å². The Balaban J connectivity index is 2.90. The number of nitrogens with zero attached hydrogens (tertiary/aromatic N) is 2. The maximum absolute atomic E-state index is 5.89. The van der Waals surface area contributed by atoms with Crippen molar-refractivity contribution in [2.45, 2.75) is 6.92 Å². The summed E-state index contributed by atoms with van der Waals surface area (Å²) in [5, 5.41) is 0.695. The quantitative estimate of drug-likeness (QED) is 0.587. The second kappa shape index (κ2) is 2.24. The molecule has 2 rings (SSSR count). The van der Waals surface area contributed by atoms with Crippen LogP contribution in [0.5, 0.6) is 0 Å².